The van der Waals surface area contributed by atoms with E-state index in [0.29, 0.717) is 11.5 Å². The fourth-order valence-electron chi connectivity index (χ4n) is 3.75. The van der Waals surface area contributed by atoms with Crippen molar-refractivity contribution in [2.24, 2.45) is 5.92 Å². The molecule has 1 aromatic heterocycles. The van der Waals surface area contributed by atoms with Gasteiger partial charge in [-0.1, -0.05) is 12.8 Å². The summed E-state index contributed by atoms with van der Waals surface area (Å²) >= 11 is 0. The van der Waals surface area contributed by atoms with Gasteiger partial charge in [-0.05, 0) is 37.8 Å². The number of aliphatic hydroxyl groups is 1. The van der Waals surface area contributed by atoms with Crippen LogP contribution in [-0.4, -0.2) is 35.1 Å². The number of carbonyl (C=O) groups is 1. The first-order valence-electron chi connectivity index (χ1n) is 7.51. The van der Waals surface area contributed by atoms with Crippen LogP contribution in [-0.2, 0) is 0 Å². The van der Waals surface area contributed by atoms with Crippen LogP contribution in [0.1, 0.15) is 48.0 Å². The summed E-state index contributed by atoms with van der Waals surface area (Å²) < 4.78 is 0. The molecule has 2 atom stereocenters. The fraction of sp³-hybridized carbons (Fsp3) is 0.625. The van der Waals surface area contributed by atoms with Gasteiger partial charge in [0.05, 0.1) is 5.60 Å². The number of pyridine rings is 1. The molecular formula is C16H22N2O2. The summed E-state index contributed by atoms with van der Waals surface area (Å²) in [6.45, 7) is 3.73. The third-order valence-corrected chi connectivity index (χ3v) is 4.94. The third-order valence-electron chi connectivity index (χ3n) is 4.94. The molecule has 2 fully saturated rings. The zero-order valence-electron chi connectivity index (χ0n) is 12.0. The second-order valence-corrected chi connectivity index (χ2v) is 6.27. The molecule has 2 aliphatic rings. The minimum absolute atomic E-state index is 0.358. The smallest absolute Gasteiger partial charge is 0.151 e. The maximum atomic E-state index is 10.8. The number of aromatic nitrogens is 1. The van der Waals surface area contributed by atoms with Crippen molar-refractivity contribution < 1.29 is 9.90 Å². The van der Waals surface area contributed by atoms with Crippen molar-refractivity contribution in [3.63, 3.8) is 0 Å². The molecule has 108 valence electrons. The molecule has 0 aromatic carbocycles. The monoisotopic (exact) mass is 274 g/mol. The molecule has 0 radical (unpaired) electrons. The Hall–Kier alpha value is -1.42. The molecule has 1 aliphatic heterocycles. The Morgan fingerprint density at radius 3 is 3.05 bits per heavy atom. The van der Waals surface area contributed by atoms with Gasteiger partial charge in [-0.25, -0.2) is 4.98 Å². The number of piperidine rings is 1. The lowest BCUT2D eigenvalue weighted by molar-refractivity contribution is -0.0613. The van der Waals surface area contributed by atoms with Gasteiger partial charge >= 0.3 is 0 Å². The number of fused-ring (bicyclic) bond motifs is 1. The van der Waals surface area contributed by atoms with Crippen LogP contribution in [0.2, 0.25) is 0 Å². The Kier molecular flexibility index (Phi) is 3.50. The van der Waals surface area contributed by atoms with E-state index in [1.54, 1.807) is 6.20 Å². The van der Waals surface area contributed by atoms with Gasteiger partial charge in [0.25, 0.3) is 0 Å². The molecule has 20 heavy (non-hydrogen) atoms. The summed E-state index contributed by atoms with van der Waals surface area (Å²) in [5.41, 5.74) is 1.21. The normalized spacial score (nSPS) is 29.9. The van der Waals surface area contributed by atoms with Gasteiger partial charge in [-0.2, -0.15) is 0 Å². The molecule has 4 heteroatoms. The lowest BCUT2D eigenvalue weighted by Crippen LogP contribution is -2.53. The van der Waals surface area contributed by atoms with Crippen molar-refractivity contribution in [1.82, 2.24) is 4.98 Å². The molecule has 2 unspecified atom stereocenters. The number of aldehydes is 1. The lowest BCUT2D eigenvalue weighted by Gasteiger charge is -2.48. The Balaban J connectivity index is 1.80. The van der Waals surface area contributed by atoms with Crippen molar-refractivity contribution in [3.05, 3.63) is 23.4 Å². The summed E-state index contributed by atoms with van der Waals surface area (Å²) in [6, 6.07) is 1.89. The highest BCUT2D eigenvalue weighted by Gasteiger charge is 2.43. The Morgan fingerprint density at radius 2 is 2.30 bits per heavy atom. The van der Waals surface area contributed by atoms with Crippen molar-refractivity contribution in [3.8, 4) is 0 Å². The van der Waals surface area contributed by atoms with Crippen LogP contribution in [0.5, 0.6) is 0 Å². The number of anilines is 1. The second kappa shape index (κ2) is 5.17. The molecule has 2 heterocycles. The van der Waals surface area contributed by atoms with Gasteiger partial charge in [0.2, 0.25) is 0 Å². The van der Waals surface area contributed by atoms with Crippen molar-refractivity contribution in [2.75, 3.05) is 18.0 Å². The maximum absolute atomic E-state index is 10.8. The molecular weight excluding hydrogens is 252 g/mol. The van der Waals surface area contributed by atoms with Gasteiger partial charge in [0, 0.05) is 30.8 Å². The lowest BCUT2D eigenvalue weighted by atomic mass is 9.71. The van der Waals surface area contributed by atoms with Gasteiger partial charge in [0.15, 0.2) is 6.29 Å². The Morgan fingerprint density at radius 1 is 1.45 bits per heavy atom. The number of aryl methyl sites for hydroxylation is 1. The average Bonchev–Trinajstić information content (AvgIpc) is 2.46. The molecule has 1 saturated heterocycles. The molecule has 1 saturated carbocycles. The summed E-state index contributed by atoms with van der Waals surface area (Å²) in [5.74, 6) is 1.32. The molecule has 0 spiro atoms. The summed E-state index contributed by atoms with van der Waals surface area (Å²) in [5, 5.41) is 10.7. The van der Waals surface area contributed by atoms with Crippen molar-refractivity contribution in [2.45, 2.75) is 44.6 Å². The SMILES string of the molecule is Cc1cc(C=O)cnc1N1CCC2(O)CCCCC2C1. The van der Waals surface area contributed by atoms with Crippen molar-refractivity contribution >= 4 is 12.1 Å². The van der Waals surface area contributed by atoms with E-state index in [0.717, 1.165) is 56.4 Å². The van der Waals surface area contributed by atoms with Gasteiger partial charge in [-0.3, -0.25) is 4.79 Å². The van der Waals surface area contributed by atoms with Crippen molar-refractivity contribution in [1.29, 1.82) is 0 Å². The first-order chi connectivity index (χ1) is 9.62. The predicted octanol–water partition coefficient (Wildman–Crippen LogP) is 2.33. The standard InChI is InChI=1S/C16H22N2O2/c1-12-8-13(11-19)9-17-15(12)18-7-6-16(20)5-3-2-4-14(16)10-18/h8-9,11,14,20H,2-7,10H2,1H3. The number of rotatable bonds is 2. The first kappa shape index (κ1) is 13.6. The first-order valence-corrected chi connectivity index (χ1v) is 7.51. The molecule has 4 nitrogen and oxygen atoms in total. The predicted molar refractivity (Wildman–Crippen MR) is 78.1 cm³/mol. The summed E-state index contributed by atoms with van der Waals surface area (Å²) in [7, 11) is 0. The zero-order chi connectivity index (χ0) is 14.2. The highest BCUT2D eigenvalue weighted by atomic mass is 16.3. The van der Waals surface area contributed by atoms with Gasteiger partial charge < -0.3 is 10.0 Å². The van der Waals surface area contributed by atoms with Gasteiger partial charge in [0.1, 0.15) is 5.82 Å². The maximum Gasteiger partial charge on any atom is 0.151 e. The van der Waals surface area contributed by atoms with E-state index >= 15 is 0 Å². The zero-order valence-corrected chi connectivity index (χ0v) is 12.0. The van der Waals surface area contributed by atoms with E-state index < -0.39 is 5.60 Å². The number of hydrogen-bond donors (Lipinski definition) is 1. The van der Waals surface area contributed by atoms with Crippen LogP contribution in [0.4, 0.5) is 5.82 Å². The highest BCUT2D eigenvalue weighted by Crippen LogP contribution is 2.40. The molecule has 3 rings (SSSR count). The Labute approximate surface area is 119 Å². The molecule has 1 aliphatic carbocycles. The third kappa shape index (κ3) is 2.33. The largest absolute Gasteiger partial charge is 0.389 e. The summed E-state index contributed by atoms with van der Waals surface area (Å²) in [6.07, 6.45) is 7.72. The van der Waals surface area contributed by atoms with E-state index in [2.05, 4.69) is 9.88 Å². The molecule has 1 aromatic rings. The summed E-state index contributed by atoms with van der Waals surface area (Å²) in [4.78, 5) is 17.5. The highest BCUT2D eigenvalue weighted by molar-refractivity contribution is 5.75. The minimum atomic E-state index is -0.453. The minimum Gasteiger partial charge on any atom is -0.389 e. The number of nitrogens with zero attached hydrogens (tertiary/aromatic N) is 2. The number of carbonyl (C=O) groups excluding carboxylic acids is 1. The van der Waals surface area contributed by atoms with Crippen LogP contribution < -0.4 is 4.90 Å². The quantitative estimate of drug-likeness (QED) is 0.841. The topological polar surface area (TPSA) is 53.4 Å². The van der Waals surface area contributed by atoms with E-state index in [-0.39, 0.29) is 0 Å². The molecule has 0 amide bonds. The van der Waals surface area contributed by atoms with Crippen LogP contribution in [0.15, 0.2) is 12.3 Å². The fourth-order valence-corrected chi connectivity index (χ4v) is 3.75. The second-order valence-electron chi connectivity index (χ2n) is 6.27. The Bertz CT molecular complexity index is 517. The van der Waals surface area contributed by atoms with Crippen LogP contribution in [0.3, 0.4) is 0 Å². The van der Waals surface area contributed by atoms with Gasteiger partial charge in [-0.15, -0.1) is 0 Å². The molecule has 1 N–H and O–H groups in total. The van der Waals surface area contributed by atoms with E-state index in [9.17, 15) is 9.90 Å². The van der Waals surface area contributed by atoms with E-state index in [4.69, 9.17) is 0 Å². The molecule has 0 bridgehead atoms. The van der Waals surface area contributed by atoms with E-state index in [1.165, 1.54) is 6.42 Å². The average molecular weight is 274 g/mol. The van der Waals surface area contributed by atoms with E-state index in [1.807, 2.05) is 13.0 Å². The van der Waals surface area contributed by atoms with Crippen LogP contribution in [0, 0.1) is 12.8 Å². The number of hydrogen-bond acceptors (Lipinski definition) is 4. The van der Waals surface area contributed by atoms with Crippen LogP contribution >= 0.6 is 0 Å². The van der Waals surface area contributed by atoms with Crippen LogP contribution in [0.25, 0.3) is 0 Å².